The Labute approximate surface area is 110 Å². The highest BCUT2D eigenvalue weighted by molar-refractivity contribution is 9.10. The SMILES string of the molecule is CC(C)(CCCl)NCc1ccc(Br)cc1F. The molecule has 1 nitrogen and oxygen atoms in total. The highest BCUT2D eigenvalue weighted by Crippen LogP contribution is 2.17. The number of hydrogen-bond donors (Lipinski definition) is 1. The Kier molecular flexibility index (Phi) is 5.22. The van der Waals surface area contributed by atoms with Gasteiger partial charge in [-0.1, -0.05) is 22.0 Å². The molecule has 0 saturated carbocycles. The van der Waals surface area contributed by atoms with Gasteiger partial charge < -0.3 is 5.32 Å². The predicted octanol–water partition coefficient (Wildman–Crippen LogP) is 4.09. The van der Waals surface area contributed by atoms with Crippen LogP contribution in [-0.2, 0) is 6.54 Å². The van der Waals surface area contributed by atoms with Gasteiger partial charge in [0.2, 0.25) is 0 Å². The van der Waals surface area contributed by atoms with Crippen LogP contribution in [0.4, 0.5) is 4.39 Å². The van der Waals surface area contributed by atoms with Gasteiger partial charge in [-0.25, -0.2) is 4.39 Å². The van der Waals surface area contributed by atoms with Crippen molar-refractivity contribution in [2.75, 3.05) is 5.88 Å². The lowest BCUT2D eigenvalue weighted by molar-refractivity contribution is 0.373. The topological polar surface area (TPSA) is 12.0 Å². The summed E-state index contributed by atoms with van der Waals surface area (Å²) >= 11 is 8.93. The van der Waals surface area contributed by atoms with E-state index in [0.29, 0.717) is 18.0 Å². The molecule has 16 heavy (non-hydrogen) atoms. The maximum Gasteiger partial charge on any atom is 0.128 e. The van der Waals surface area contributed by atoms with Gasteiger partial charge in [0, 0.05) is 28.0 Å². The van der Waals surface area contributed by atoms with E-state index < -0.39 is 0 Å². The lowest BCUT2D eigenvalue weighted by atomic mass is 10.0. The molecule has 90 valence electrons. The molecule has 0 aliphatic heterocycles. The molecule has 0 bridgehead atoms. The fourth-order valence-corrected chi connectivity index (χ4v) is 2.13. The summed E-state index contributed by atoms with van der Waals surface area (Å²) in [6, 6.07) is 5.10. The van der Waals surface area contributed by atoms with Crippen molar-refractivity contribution in [3.05, 3.63) is 34.1 Å². The third kappa shape index (κ3) is 4.40. The van der Waals surface area contributed by atoms with Crippen molar-refractivity contribution in [2.45, 2.75) is 32.4 Å². The van der Waals surface area contributed by atoms with Crippen molar-refractivity contribution >= 4 is 27.5 Å². The first kappa shape index (κ1) is 13.9. The minimum absolute atomic E-state index is 0.0682. The molecular weight excluding hydrogens is 292 g/mol. The highest BCUT2D eigenvalue weighted by atomic mass is 79.9. The summed E-state index contributed by atoms with van der Waals surface area (Å²) in [4.78, 5) is 0. The Bertz CT molecular complexity index is 355. The van der Waals surface area contributed by atoms with Crippen LogP contribution in [0, 0.1) is 5.82 Å². The van der Waals surface area contributed by atoms with Gasteiger partial charge in [-0.15, -0.1) is 11.6 Å². The molecule has 1 rings (SSSR count). The first-order valence-corrected chi connectivity index (χ1v) is 6.52. The zero-order chi connectivity index (χ0) is 12.2. The zero-order valence-electron chi connectivity index (χ0n) is 9.49. The van der Waals surface area contributed by atoms with E-state index in [2.05, 4.69) is 35.1 Å². The summed E-state index contributed by atoms with van der Waals surface area (Å²) in [5.41, 5.74) is 0.604. The van der Waals surface area contributed by atoms with E-state index in [9.17, 15) is 4.39 Å². The number of nitrogens with one attached hydrogen (secondary N) is 1. The van der Waals surface area contributed by atoms with Crippen LogP contribution in [0.3, 0.4) is 0 Å². The first-order valence-electron chi connectivity index (χ1n) is 5.19. The Morgan fingerprint density at radius 1 is 1.44 bits per heavy atom. The van der Waals surface area contributed by atoms with Crippen LogP contribution in [0.5, 0.6) is 0 Å². The average Bonchev–Trinajstić information content (AvgIpc) is 2.16. The van der Waals surface area contributed by atoms with Crippen LogP contribution in [0.15, 0.2) is 22.7 Å². The van der Waals surface area contributed by atoms with Crippen molar-refractivity contribution in [2.24, 2.45) is 0 Å². The molecule has 1 aromatic carbocycles. The molecule has 0 aromatic heterocycles. The minimum atomic E-state index is -0.191. The molecule has 1 N–H and O–H groups in total. The molecule has 0 fully saturated rings. The normalized spacial score (nSPS) is 11.8. The van der Waals surface area contributed by atoms with Gasteiger partial charge in [0.15, 0.2) is 0 Å². The van der Waals surface area contributed by atoms with Gasteiger partial charge in [-0.2, -0.15) is 0 Å². The molecule has 0 aliphatic rings. The van der Waals surface area contributed by atoms with E-state index in [-0.39, 0.29) is 11.4 Å². The van der Waals surface area contributed by atoms with E-state index in [0.717, 1.165) is 10.9 Å². The number of rotatable bonds is 5. The molecule has 0 spiro atoms. The third-order valence-corrected chi connectivity index (χ3v) is 3.17. The molecule has 0 heterocycles. The number of hydrogen-bond acceptors (Lipinski definition) is 1. The smallest absolute Gasteiger partial charge is 0.128 e. The number of alkyl halides is 1. The molecule has 0 radical (unpaired) electrons. The fraction of sp³-hybridized carbons (Fsp3) is 0.500. The molecule has 0 amide bonds. The molecule has 1 aromatic rings. The molecule has 0 saturated heterocycles. The molecule has 0 atom stereocenters. The number of benzene rings is 1. The van der Waals surface area contributed by atoms with Crippen LogP contribution in [-0.4, -0.2) is 11.4 Å². The van der Waals surface area contributed by atoms with Gasteiger partial charge >= 0.3 is 0 Å². The van der Waals surface area contributed by atoms with Crippen LogP contribution >= 0.6 is 27.5 Å². The predicted molar refractivity (Wildman–Crippen MR) is 70.4 cm³/mol. The summed E-state index contributed by atoms with van der Waals surface area (Å²) in [5.74, 6) is 0.409. The third-order valence-electron chi connectivity index (χ3n) is 2.49. The van der Waals surface area contributed by atoms with Crippen LogP contribution in [0.2, 0.25) is 0 Å². The summed E-state index contributed by atoms with van der Waals surface area (Å²) < 4.78 is 14.3. The van der Waals surface area contributed by atoms with Crippen molar-refractivity contribution in [3.63, 3.8) is 0 Å². The average molecular weight is 309 g/mol. The Morgan fingerprint density at radius 3 is 2.69 bits per heavy atom. The lowest BCUT2D eigenvalue weighted by Gasteiger charge is -2.25. The Balaban J connectivity index is 2.61. The fourth-order valence-electron chi connectivity index (χ4n) is 1.32. The van der Waals surface area contributed by atoms with Crippen molar-refractivity contribution in [1.29, 1.82) is 0 Å². The second-order valence-electron chi connectivity index (χ2n) is 4.41. The Morgan fingerprint density at radius 2 is 2.12 bits per heavy atom. The summed E-state index contributed by atoms with van der Waals surface area (Å²) in [6.45, 7) is 4.64. The van der Waals surface area contributed by atoms with Gasteiger partial charge in [-0.05, 0) is 32.4 Å². The van der Waals surface area contributed by atoms with Gasteiger partial charge in [-0.3, -0.25) is 0 Å². The van der Waals surface area contributed by atoms with E-state index in [1.807, 2.05) is 6.07 Å². The van der Waals surface area contributed by atoms with Crippen molar-refractivity contribution in [3.8, 4) is 0 Å². The Hall–Kier alpha value is -0.120. The van der Waals surface area contributed by atoms with E-state index in [1.54, 1.807) is 6.07 Å². The molecule has 0 aliphatic carbocycles. The van der Waals surface area contributed by atoms with Crippen LogP contribution in [0.25, 0.3) is 0 Å². The second kappa shape index (κ2) is 5.99. The van der Waals surface area contributed by atoms with Gasteiger partial charge in [0.25, 0.3) is 0 Å². The lowest BCUT2D eigenvalue weighted by Crippen LogP contribution is -2.39. The second-order valence-corrected chi connectivity index (χ2v) is 5.71. The summed E-state index contributed by atoms with van der Waals surface area (Å²) in [6.07, 6.45) is 0.854. The van der Waals surface area contributed by atoms with E-state index >= 15 is 0 Å². The van der Waals surface area contributed by atoms with E-state index in [4.69, 9.17) is 11.6 Å². The van der Waals surface area contributed by atoms with E-state index in [1.165, 1.54) is 6.07 Å². The minimum Gasteiger partial charge on any atom is -0.308 e. The largest absolute Gasteiger partial charge is 0.308 e. The van der Waals surface area contributed by atoms with Gasteiger partial charge in [0.1, 0.15) is 5.82 Å². The quantitative estimate of drug-likeness (QED) is 0.808. The molecule has 0 unspecified atom stereocenters. The maximum atomic E-state index is 13.5. The first-order chi connectivity index (χ1) is 7.44. The monoisotopic (exact) mass is 307 g/mol. The van der Waals surface area contributed by atoms with Crippen molar-refractivity contribution < 1.29 is 4.39 Å². The summed E-state index contributed by atoms with van der Waals surface area (Å²) in [5, 5.41) is 3.30. The molecular formula is C12H16BrClFN. The van der Waals surface area contributed by atoms with Crippen LogP contribution < -0.4 is 5.32 Å². The zero-order valence-corrected chi connectivity index (χ0v) is 11.8. The standard InChI is InChI=1S/C12H16BrClFN/c1-12(2,5-6-14)16-8-9-3-4-10(13)7-11(9)15/h3-4,7,16H,5-6,8H2,1-2H3. The highest BCUT2D eigenvalue weighted by Gasteiger charge is 2.16. The van der Waals surface area contributed by atoms with Crippen molar-refractivity contribution in [1.82, 2.24) is 5.32 Å². The molecule has 4 heteroatoms. The summed E-state index contributed by atoms with van der Waals surface area (Å²) in [7, 11) is 0. The van der Waals surface area contributed by atoms with Crippen LogP contribution in [0.1, 0.15) is 25.8 Å². The maximum absolute atomic E-state index is 13.5. The van der Waals surface area contributed by atoms with Gasteiger partial charge in [0.05, 0.1) is 0 Å². The number of halogens is 3.